The van der Waals surface area contributed by atoms with Gasteiger partial charge in [-0.2, -0.15) is 0 Å². The normalized spacial score (nSPS) is 11.5. The van der Waals surface area contributed by atoms with Crippen LogP contribution in [0.15, 0.2) is 41.8 Å². The molecule has 0 saturated carbocycles. The molecule has 0 aliphatic heterocycles. The van der Waals surface area contributed by atoms with Crippen molar-refractivity contribution in [3.63, 3.8) is 0 Å². The number of methoxy groups -OCH3 is 2. The highest BCUT2D eigenvalue weighted by atomic mass is 32.2. The molecule has 108 valence electrons. The number of esters is 2. The summed E-state index contributed by atoms with van der Waals surface area (Å²) in [6, 6.07) is 6.41. The van der Waals surface area contributed by atoms with Crippen molar-refractivity contribution >= 4 is 23.9 Å². The lowest BCUT2D eigenvalue weighted by atomic mass is 10.2. The molecule has 1 rings (SSSR count). The zero-order valence-corrected chi connectivity index (χ0v) is 12.2. The topological polar surface area (TPSA) is 64.6 Å². The Kier molecular flexibility index (Phi) is 6.83. The molecule has 6 heteroatoms. The number of nitrogens with one attached hydrogen (secondary N) is 1. The summed E-state index contributed by atoms with van der Waals surface area (Å²) in [5.41, 5.74) is 0.479. The molecular formula is C14H17NO4S. The van der Waals surface area contributed by atoms with Gasteiger partial charge in [-0.1, -0.05) is 6.08 Å². The van der Waals surface area contributed by atoms with Crippen LogP contribution >= 0.6 is 11.9 Å². The maximum absolute atomic E-state index is 11.5. The molecule has 0 amide bonds. The summed E-state index contributed by atoms with van der Waals surface area (Å²) in [5, 5.41) is 0. The van der Waals surface area contributed by atoms with Crippen molar-refractivity contribution in [2.24, 2.45) is 0 Å². The van der Waals surface area contributed by atoms with Crippen molar-refractivity contribution in [2.45, 2.75) is 17.4 Å². The molecule has 1 unspecified atom stereocenters. The lowest BCUT2D eigenvalue weighted by Crippen LogP contribution is -2.32. The average Bonchev–Trinajstić information content (AvgIpc) is 2.50. The van der Waals surface area contributed by atoms with E-state index in [-0.39, 0.29) is 11.9 Å². The molecular weight excluding hydrogens is 278 g/mol. The summed E-state index contributed by atoms with van der Waals surface area (Å²) >= 11 is 1.29. The van der Waals surface area contributed by atoms with Gasteiger partial charge in [-0.05, 0) is 42.6 Å². The molecule has 1 aromatic rings. The Labute approximate surface area is 122 Å². The molecule has 1 N–H and O–H groups in total. The van der Waals surface area contributed by atoms with E-state index in [1.165, 1.54) is 26.2 Å². The number of carbonyl (C=O) groups excluding carboxylic acids is 2. The van der Waals surface area contributed by atoms with Crippen LogP contribution in [0, 0.1) is 0 Å². The second kappa shape index (κ2) is 8.39. The van der Waals surface area contributed by atoms with Gasteiger partial charge in [-0.25, -0.2) is 9.52 Å². The van der Waals surface area contributed by atoms with E-state index in [1.54, 1.807) is 30.3 Å². The molecule has 0 fully saturated rings. The fourth-order valence-corrected chi connectivity index (χ4v) is 2.16. The molecule has 0 aliphatic carbocycles. The van der Waals surface area contributed by atoms with E-state index in [0.29, 0.717) is 12.0 Å². The number of carbonyl (C=O) groups is 2. The zero-order chi connectivity index (χ0) is 15.0. The Balaban J connectivity index is 2.61. The van der Waals surface area contributed by atoms with Gasteiger partial charge in [0.15, 0.2) is 0 Å². The molecule has 0 heterocycles. The molecule has 0 saturated heterocycles. The van der Waals surface area contributed by atoms with Gasteiger partial charge in [0.1, 0.15) is 6.04 Å². The van der Waals surface area contributed by atoms with E-state index in [0.717, 1.165) is 4.90 Å². The Bertz CT molecular complexity index is 473. The van der Waals surface area contributed by atoms with Crippen molar-refractivity contribution < 1.29 is 19.1 Å². The van der Waals surface area contributed by atoms with Crippen molar-refractivity contribution in [2.75, 3.05) is 14.2 Å². The van der Waals surface area contributed by atoms with Crippen LogP contribution in [-0.4, -0.2) is 32.2 Å². The Morgan fingerprint density at radius 2 is 1.95 bits per heavy atom. The molecule has 20 heavy (non-hydrogen) atoms. The maximum Gasteiger partial charge on any atom is 0.337 e. The fraction of sp³-hybridized carbons (Fsp3) is 0.286. The maximum atomic E-state index is 11.5. The highest BCUT2D eigenvalue weighted by Crippen LogP contribution is 2.17. The van der Waals surface area contributed by atoms with Crippen molar-refractivity contribution in [3.05, 3.63) is 42.5 Å². The summed E-state index contributed by atoms with van der Waals surface area (Å²) in [7, 11) is 2.68. The lowest BCUT2D eigenvalue weighted by Gasteiger charge is -2.13. The highest BCUT2D eigenvalue weighted by Gasteiger charge is 2.17. The van der Waals surface area contributed by atoms with Crippen LogP contribution in [0.25, 0.3) is 0 Å². The number of rotatable bonds is 7. The second-order valence-electron chi connectivity index (χ2n) is 3.84. The van der Waals surface area contributed by atoms with Gasteiger partial charge >= 0.3 is 11.9 Å². The quantitative estimate of drug-likeness (QED) is 0.472. The predicted octanol–water partition coefficient (Wildman–Crippen LogP) is 2.19. The van der Waals surface area contributed by atoms with Gasteiger partial charge in [0, 0.05) is 4.90 Å². The predicted molar refractivity (Wildman–Crippen MR) is 77.4 cm³/mol. The number of hydrogen-bond acceptors (Lipinski definition) is 6. The first-order chi connectivity index (χ1) is 9.62. The van der Waals surface area contributed by atoms with Gasteiger partial charge in [-0.3, -0.25) is 4.79 Å². The van der Waals surface area contributed by atoms with E-state index in [9.17, 15) is 9.59 Å². The third kappa shape index (κ3) is 4.71. The molecule has 0 aromatic heterocycles. The first kappa shape index (κ1) is 16.3. The van der Waals surface area contributed by atoms with Crippen LogP contribution in [0.3, 0.4) is 0 Å². The van der Waals surface area contributed by atoms with Crippen LogP contribution < -0.4 is 4.72 Å². The molecule has 1 aromatic carbocycles. The third-order valence-electron chi connectivity index (χ3n) is 2.48. The smallest absolute Gasteiger partial charge is 0.337 e. The molecule has 0 spiro atoms. The summed E-state index contributed by atoms with van der Waals surface area (Å²) in [4.78, 5) is 23.7. The van der Waals surface area contributed by atoms with Crippen LogP contribution in [0.1, 0.15) is 16.8 Å². The van der Waals surface area contributed by atoms with Crippen LogP contribution in [0.4, 0.5) is 0 Å². The molecule has 0 bridgehead atoms. The minimum Gasteiger partial charge on any atom is -0.468 e. The van der Waals surface area contributed by atoms with E-state index in [2.05, 4.69) is 16.0 Å². The molecule has 0 radical (unpaired) electrons. The first-order valence-corrected chi connectivity index (χ1v) is 6.73. The van der Waals surface area contributed by atoms with Gasteiger partial charge in [-0.15, -0.1) is 6.58 Å². The SMILES string of the molecule is C=CCC(NSc1ccc(C(=O)OC)cc1)C(=O)OC. The van der Waals surface area contributed by atoms with Crippen molar-refractivity contribution in [3.8, 4) is 0 Å². The summed E-state index contributed by atoms with van der Waals surface area (Å²) in [5.74, 6) is -0.725. The summed E-state index contributed by atoms with van der Waals surface area (Å²) < 4.78 is 12.3. The summed E-state index contributed by atoms with van der Waals surface area (Å²) in [6.45, 7) is 3.60. The lowest BCUT2D eigenvalue weighted by molar-refractivity contribution is -0.142. The Hall–Kier alpha value is -1.79. The Morgan fingerprint density at radius 3 is 2.45 bits per heavy atom. The average molecular weight is 295 g/mol. The molecule has 5 nitrogen and oxygen atoms in total. The third-order valence-corrected chi connectivity index (χ3v) is 3.39. The standard InChI is InChI=1S/C14H17NO4S/c1-4-5-12(14(17)19-3)15-20-11-8-6-10(7-9-11)13(16)18-2/h4,6-9,12,15H,1,5H2,2-3H3. The van der Waals surface area contributed by atoms with E-state index >= 15 is 0 Å². The number of ether oxygens (including phenoxy) is 2. The Morgan fingerprint density at radius 1 is 1.30 bits per heavy atom. The van der Waals surface area contributed by atoms with Gasteiger partial charge in [0.2, 0.25) is 0 Å². The van der Waals surface area contributed by atoms with Crippen molar-refractivity contribution in [1.82, 2.24) is 4.72 Å². The van der Waals surface area contributed by atoms with Crippen LogP contribution in [0.5, 0.6) is 0 Å². The molecule has 1 atom stereocenters. The summed E-state index contributed by atoms with van der Waals surface area (Å²) in [6.07, 6.45) is 2.12. The second-order valence-corrected chi connectivity index (χ2v) is 4.75. The minimum absolute atomic E-state index is 0.344. The number of benzene rings is 1. The largest absolute Gasteiger partial charge is 0.468 e. The van der Waals surface area contributed by atoms with Gasteiger partial charge < -0.3 is 9.47 Å². The van der Waals surface area contributed by atoms with Gasteiger partial charge in [0.05, 0.1) is 19.8 Å². The van der Waals surface area contributed by atoms with Crippen LogP contribution in [0.2, 0.25) is 0 Å². The monoisotopic (exact) mass is 295 g/mol. The fourth-order valence-electron chi connectivity index (χ4n) is 1.42. The van der Waals surface area contributed by atoms with Gasteiger partial charge in [0.25, 0.3) is 0 Å². The zero-order valence-electron chi connectivity index (χ0n) is 11.4. The van der Waals surface area contributed by atoms with E-state index < -0.39 is 6.04 Å². The van der Waals surface area contributed by atoms with E-state index in [1.807, 2.05) is 0 Å². The van der Waals surface area contributed by atoms with Crippen LogP contribution in [-0.2, 0) is 14.3 Å². The number of hydrogen-bond donors (Lipinski definition) is 1. The van der Waals surface area contributed by atoms with E-state index in [4.69, 9.17) is 4.74 Å². The highest BCUT2D eigenvalue weighted by molar-refractivity contribution is 7.97. The minimum atomic E-state index is -0.456. The molecule has 0 aliphatic rings. The first-order valence-electron chi connectivity index (χ1n) is 5.91. The van der Waals surface area contributed by atoms with Crippen molar-refractivity contribution in [1.29, 1.82) is 0 Å².